The van der Waals surface area contributed by atoms with Gasteiger partial charge in [0, 0.05) is 6.04 Å². The lowest BCUT2D eigenvalue weighted by Crippen LogP contribution is -2.51. The summed E-state index contributed by atoms with van der Waals surface area (Å²) in [4.78, 5) is 39.4. The van der Waals surface area contributed by atoms with Gasteiger partial charge < -0.3 is 15.2 Å². The number of hydrogen-bond donors (Lipinski definition) is 1. The van der Waals surface area contributed by atoms with Crippen LogP contribution in [0.15, 0.2) is 54.6 Å². The van der Waals surface area contributed by atoms with E-state index in [1.54, 1.807) is 6.92 Å². The molecular formula is C26H32N2O5. The second-order valence-electron chi connectivity index (χ2n) is 8.38. The van der Waals surface area contributed by atoms with E-state index in [9.17, 15) is 14.4 Å². The summed E-state index contributed by atoms with van der Waals surface area (Å²) in [7, 11) is 0. The highest BCUT2D eigenvalue weighted by molar-refractivity contribution is 5.89. The minimum atomic E-state index is -0.905. The fourth-order valence-electron chi connectivity index (χ4n) is 4.26. The monoisotopic (exact) mass is 452 g/mol. The molecule has 1 aliphatic rings. The van der Waals surface area contributed by atoms with Gasteiger partial charge >= 0.3 is 17.9 Å². The molecule has 7 heteroatoms. The van der Waals surface area contributed by atoms with Crippen LogP contribution in [-0.2, 0) is 43.1 Å². The standard InChI is InChI=1S/C26H32N2O5/c1-3-32-26(31)23(14-13-19-9-5-4-6-10-19)28(17-24(29)33-25(30)18(2)27)22-15-20-11-7-8-12-21(20)16-22/h4-12,18,22-23H,3,13-17,27H2,1-2H3/t18-,23+/m0/s1. The van der Waals surface area contributed by atoms with Gasteiger partial charge in [0.1, 0.15) is 12.1 Å². The Hall–Kier alpha value is -3.03. The van der Waals surface area contributed by atoms with Crippen LogP contribution in [0.5, 0.6) is 0 Å². The number of esters is 3. The van der Waals surface area contributed by atoms with Crippen LogP contribution in [0, 0.1) is 0 Å². The van der Waals surface area contributed by atoms with E-state index in [1.165, 1.54) is 18.1 Å². The first-order chi connectivity index (χ1) is 15.9. The van der Waals surface area contributed by atoms with Crippen molar-refractivity contribution in [2.75, 3.05) is 13.2 Å². The number of ether oxygens (including phenoxy) is 2. The molecule has 7 nitrogen and oxygen atoms in total. The van der Waals surface area contributed by atoms with Gasteiger partial charge in [0.25, 0.3) is 0 Å². The summed E-state index contributed by atoms with van der Waals surface area (Å²) in [6, 6.07) is 16.3. The van der Waals surface area contributed by atoms with Crippen molar-refractivity contribution in [1.82, 2.24) is 4.90 Å². The summed E-state index contributed by atoms with van der Waals surface area (Å²) in [6.45, 7) is 3.27. The first kappa shape index (κ1) is 24.6. The van der Waals surface area contributed by atoms with E-state index in [1.807, 2.05) is 47.4 Å². The van der Waals surface area contributed by atoms with Crippen LogP contribution in [0.4, 0.5) is 0 Å². The van der Waals surface area contributed by atoms with Crippen molar-refractivity contribution in [1.29, 1.82) is 0 Å². The van der Waals surface area contributed by atoms with Crippen molar-refractivity contribution in [3.05, 3.63) is 71.3 Å². The molecule has 1 aliphatic carbocycles. The zero-order chi connectivity index (χ0) is 23.8. The Morgan fingerprint density at radius 2 is 1.61 bits per heavy atom. The highest BCUT2D eigenvalue weighted by Gasteiger charge is 2.37. The molecule has 0 amide bonds. The van der Waals surface area contributed by atoms with Gasteiger partial charge in [0.05, 0.1) is 13.2 Å². The van der Waals surface area contributed by atoms with Crippen LogP contribution in [0.2, 0.25) is 0 Å². The average Bonchev–Trinajstić information content (AvgIpc) is 3.23. The second-order valence-corrected chi connectivity index (χ2v) is 8.38. The summed E-state index contributed by atoms with van der Waals surface area (Å²) in [5, 5.41) is 0. The Bertz CT molecular complexity index is 935. The molecule has 0 fully saturated rings. The lowest BCUT2D eigenvalue weighted by molar-refractivity contribution is -0.163. The van der Waals surface area contributed by atoms with Crippen molar-refractivity contribution >= 4 is 17.9 Å². The Morgan fingerprint density at radius 1 is 1.00 bits per heavy atom. The largest absolute Gasteiger partial charge is 0.465 e. The molecule has 33 heavy (non-hydrogen) atoms. The smallest absolute Gasteiger partial charge is 0.330 e. The Balaban J connectivity index is 1.84. The number of benzene rings is 2. The maximum atomic E-state index is 13.0. The van der Waals surface area contributed by atoms with Gasteiger partial charge in [-0.1, -0.05) is 54.6 Å². The van der Waals surface area contributed by atoms with Gasteiger partial charge in [-0.05, 0) is 56.2 Å². The van der Waals surface area contributed by atoms with E-state index in [4.69, 9.17) is 15.2 Å². The van der Waals surface area contributed by atoms with Crippen molar-refractivity contribution in [3.63, 3.8) is 0 Å². The van der Waals surface area contributed by atoms with E-state index in [0.29, 0.717) is 25.7 Å². The molecule has 0 saturated carbocycles. The van der Waals surface area contributed by atoms with Gasteiger partial charge in [-0.2, -0.15) is 0 Å². The van der Waals surface area contributed by atoms with Crippen LogP contribution >= 0.6 is 0 Å². The molecule has 0 bridgehead atoms. The van der Waals surface area contributed by atoms with Crippen molar-refractivity contribution in [2.45, 2.75) is 57.7 Å². The van der Waals surface area contributed by atoms with Gasteiger partial charge in [0.2, 0.25) is 0 Å². The van der Waals surface area contributed by atoms with Crippen molar-refractivity contribution in [3.8, 4) is 0 Å². The minimum Gasteiger partial charge on any atom is -0.465 e. The van der Waals surface area contributed by atoms with E-state index in [2.05, 4.69) is 12.1 Å². The molecule has 0 heterocycles. The average molecular weight is 453 g/mol. The first-order valence-corrected chi connectivity index (χ1v) is 11.4. The van der Waals surface area contributed by atoms with E-state index < -0.39 is 24.0 Å². The molecule has 0 radical (unpaired) electrons. The number of nitrogens with zero attached hydrogens (tertiary/aromatic N) is 1. The molecule has 0 aromatic heterocycles. The molecule has 176 valence electrons. The molecule has 0 saturated heterocycles. The summed E-state index contributed by atoms with van der Waals surface area (Å²) in [6.07, 6.45) is 2.52. The van der Waals surface area contributed by atoms with Gasteiger partial charge in [-0.25, -0.2) is 4.79 Å². The number of carbonyl (C=O) groups excluding carboxylic acids is 3. The quantitative estimate of drug-likeness (QED) is 0.437. The van der Waals surface area contributed by atoms with Crippen molar-refractivity contribution < 1.29 is 23.9 Å². The molecule has 2 atom stereocenters. The highest BCUT2D eigenvalue weighted by Crippen LogP contribution is 2.28. The number of aryl methyl sites for hydroxylation is 1. The normalized spacial score (nSPS) is 15.0. The van der Waals surface area contributed by atoms with Crippen LogP contribution in [0.25, 0.3) is 0 Å². The molecule has 2 aromatic carbocycles. The number of fused-ring (bicyclic) bond motifs is 1. The van der Waals surface area contributed by atoms with Crippen LogP contribution in [-0.4, -0.2) is 54.1 Å². The summed E-state index contributed by atoms with van der Waals surface area (Å²) in [5.41, 5.74) is 9.02. The maximum absolute atomic E-state index is 13.0. The third-order valence-corrected chi connectivity index (χ3v) is 5.90. The molecule has 2 aromatic rings. The maximum Gasteiger partial charge on any atom is 0.330 e. The summed E-state index contributed by atoms with van der Waals surface area (Å²) >= 11 is 0. The van der Waals surface area contributed by atoms with E-state index in [-0.39, 0.29) is 25.2 Å². The van der Waals surface area contributed by atoms with E-state index in [0.717, 1.165) is 5.56 Å². The number of nitrogens with two attached hydrogens (primary N) is 1. The lowest BCUT2D eigenvalue weighted by atomic mass is 10.0. The zero-order valence-electron chi connectivity index (χ0n) is 19.2. The molecule has 0 aliphatic heterocycles. The van der Waals surface area contributed by atoms with Gasteiger partial charge in [-0.3, -0.25) is 14.5 Å². The molecule has 0 spiro atoms. The minimum absolute atomic E-state index is 0.0921. The third kappa shape index (κ3) is 6.73. The molecule has 2 N–H and O–H groups in total. The van der Waals surface area contributed by atoms with Crippen molar-refractivity contribution in [2.24, 2.45) is 5.73 Å². The second kappa shape index (κ2) is 11.7. The third-order valence-electron chi connectivity index (χ3n) is 5.90. The van der Waals surface area contributed by atoms with Gasteiger partial charge in [-0.15, -0.1) is 0 Å². The predicted molar refractivity (Wildman–Crippen MR) is 124 cm³/mol. The fraction of sp³-hybridized carbons (Fsp3) is 0.423. The first-order valence-electron chi connectivity index (χ1n) is 11.4. The summed E-state index contributed by atoms with van der Waals surface area (Å²) < 4.78 is 10.3. The number of rotatable bonds is 10. The predicted octanol–water partition coefficient (Wildman–Crippen LogP) is 2.44. The molecule has 3 rings (SSSR count). The Labute approximate surface area is 194 Å². The van der Waals surface area contributed by atoms with Crippen LogP contribution in [0.1, 0.15) is 37.0 Å². The van der Waals surface area contributed by atoms with Gasteiger partial charge in [0.15, 0.2) is 0 Å². The zero-order valence-corrected chi connectivity index (χ0v) is 19.2. The number of hydrogen-bond acceptors (Lipinski definition) is 7. The van der Waals surface area contributed by atoms with Crippen LogP contribution < -0.4 is 5.73 Å². The number of carbonyl (C=O) groups is 3. The molecular weight excluding hydrogens is 420 g/mol. The van der Waals surface area contributed by atoms with Crippen LogP contribution in [0.3, 0.4) is 0 Å². The summed E-state index contributed by atoms with van der Waals surface area (Å²) in [5.74, 6) is -1.88. The fourth-order valence-corrected chi connectivity index (χ4v) is 4.26. The SMILES string of the molecule is CCOC(=O)[C@@H](CCc1ccccc1)N(CC(=O)OC(=O)[C@H](C)N)C1Cc2ccccc2C1. The molecule has 0 unspecified atom stereocenters. The Kier molecular flexibility index (Phi) is 8.74. The lowest BCUT2D eigenvalue weighted by Gasteiger charge is -2.34. The topological polar surface area (TPSA) is 98.9 Å². The Morgan fingerprint density at radius 3 is 2.18 bits per heavy atom. The van der Waals surface area contributed by atoms with E-state index >= 15 is 0 Å². The highest BCUT2D eigenvalue weighted by atomic mass is 16.6.